The van der Waals surface area contributed by atoms with Gasteiger partial charge >= 0.3 is 0 Å². The predicted octanol–water partition coefficient (Wildman–Crippen LogP) is 3.19. The summed E-state index contributed by atoms with van der Waals surface area (Å²) in [4.78, 5) is 15.0. The van der Waals surface area contributed by atoms with Crippen molar-refractivity contribution in [3.8, 4) is 0 Å². The van der Waals surface area contributed by atoms with E-state index in [0.29, 0.717) is 11.4 Å². The van der Waals surface area contributed by atoms with Crippen LogP contribution in [-0.4, -0.2) is 31.3 Å². The normalized spacial score (nSPS) is 10.8. The Labute approximate surface area is 139 Å². The van der Waals surface area contributed by atoms with Crippen LogP contribution >= 0.6 is 11.8 Å². The van der Waals surface area contributed by atoms with Gasteiger partial charge in [-0.25, -0.2) is 0 Å². The van der Waals surface area contributed by atoms with E-state index < -0.39 is 0 Å². The Hall–Kier alpha value is -2.34. The smallest absolute Gasteiger partial charge is 0.191 e. The SMILES string of the molecule is CCn1c(Cc2ccccc2)nnc1SCC(=O)c1ccc[nH]1. The minimum atomic E-state index is 0.0651. The van der Waals surface area contributed by atoms with Crippen molar-refractivity contribution >= 4 is 17.5 Å². The second-order valence-corrected chi connectivity index (χ2v) is 6.04. The van der Waals surface area contributed by atoms with Crippen molar-refractivity contribution < 1.29 is 4.79 Å². The standard InChI is InChI=1S/C17H18N4OS/c1-2-21-16(11-13-7-4-3-5-8-13)19-20-17(21)23-12-15(22)14-9-6-10-18-14/h3-10,18H,2,11-12H2,1H3. The topological polar surface area (TPSA) is 63.6 Å². The van der Waals surface area contributed by atoms with Crippen LogP contribution in [0.15, 0.2) is 53.8 Å². The first-order valence-corrected chi connectivity index (χ1v) is 8.52. The number of H-pyrrole nitrogens is 1. The third kappa shape index (κ3) is 3.71. The summed E-state index contributed by atoms with van der Waals surface area (Å²) in [5.41, 5.74) is 1.83. The summed E-state index contributed by atoms with van der Waals surface area (Å²) >= 11 is 1.43. The van der Waals surface area contributed by atoms with Gasteiger partial charge in [0, 0.05) is 19.2 Å². The molecule has 3 aromatic rings. The fourth-order valence-electron chi connectivity index (χ4n) is 2.36. The van der Waals surface area contributed by atoms with Gasteiger partial charge in [-0.05, 0) is 24.6 Å². The van der Waals surface area contributed by atoms with Crippen LogP contribution in [0.25, 0.3) is 0 Å². The van der Waals surface area contributed by atoms with E-state index in [-0.39, 0.29) is 5.78 Å². The van der Waals surface area contributed by atoms with E-state index in [0.717, 1.165) is 23.9 Å². The lowest BCUT2D eigenvalue weighted by atomic mass is 10.1. The van der Waals surface area contributed by atoms with Crippen LogP contribution in [-0.2, 0) is 13.0 Å². The summed E-state index contributed by atoms with van der Waals surface area (Å²) in [6, 6.07) is 13.8. The molecule has 0 saturated heterocycles. The maximum absolute atomic E-state index is 12.1. The molecule has 2 aromatic heterocycles. The number of aromatic amines is 1. The van der Waals surface area contributed by atoms with Crippen molar-refractivity contribution in [3.63, 3.8) is 0 Å². The number of rotatable bonds is 7. The highest BCUT2D eigenvalue weighted by Gasteiger charge is 2.14. The zero-order valence-corrected chi connectivity index (χ0v) is 13.7. The van der Waals surface area contributed by atoms with E-state index in [1.807, 2.05) is 24.3 Å². The van der Waals surface area contributed by atoms with Crippen molar-refractivity contribution in [2.75, 3.05) is 5.75 Å². The Balaban J connectivity index is 1.69. The number of nitrogens with one attached hydrogen (secondary N) is 1. The van der Waals surface area contributed by atoms with Gasteiger partial charge < -0.3 is 9.55 Å². The zero-order valence-electron chi connectivity index (χ0n) is 12.9. The molecule has 118 valence electrons. The number of nitrogens with zero attached hydrogens (tertiary/aromatic N) is 3. The van der Waals surface area contributed by atoms with Gasteiger partial charge in [-0.2, -0.15) is 0 Å². The first-order chi connectivity index (χ1) is 11.3. The van der Waals surface area contributed by atoms with Crippen LogP contribution < -0.4 is 0 Å². The Morgan fingerprint density at radius 1 is 1.17 bits per heavy atom. The van der Waals surface area contributed by atoms with Crippen LogP contribution in [0.1, 0.15) is 28.8 Å². The number of ketones is 1. The molecule has 0 fully saturated rings. The van der Waals surface area contributed by atoms with Crippen LogP contribution in [0.2, 0.25) is 0 Å². The molecule has 1 aromatic carbocycles. The molecule has 0 amide bonds. The molecule has 0 aliphatic rings. The molecule has 0 saturated carbocycles. The third-order valence-corrected chi connectivity index (χ3v) is 4.51. The number of aromatic nitrogens is 4. The Bertz CT molecular complexity index is 765. The first kappa shape index (κ1) is 15.6. The lowest BCUT2D eigenvalue weighted by molar-refractivity contribution is 0.101. The summed E-state index contributed by atoms with van der Waals surface area (Å²) < 4.78 is 2.07. The molecule has 0 unspecified atom stereocenters. The van der Waals surface area contributed by atoms with E-state index in [2.05, 4.69) is 38.8 Å². The number of hydrogen-bond acceptors (Lipinski definition) is 4. The Kier molecular flexibility index (Phi) is 4.92. The highest BCUT2D eigenvalue weighted by molar-refractivity contribution is 7.99. The fraction of sp³-hybridized carbons (Fsp3) is 0.235. The van der Waals surface area contributed by atoms with Crippen LogP contribution in [0.4, 0.5) is 0 Å². The van der Waals surface area contributed by atoms with Gasteiger partial charge in [-0.15, -0.1) is 10.2 Å². The number of hydrogen-bond donors (Lipinski definition) is 1. The highest BCUT2D eigenvalue weighted by Crippen LogP contribution is 2.19. The van der Waals surface area contributed by atoms with Gasteiger partial charge in [0.1, 0.15) is 5.82 Å². The molecule has 5 nitrogen and oxygen atoms in total. The van der Waals surface area contributed by atoms with Crippen LogP contribution in [0, 0.1) is 0 Å². The van der Waals surface area contributed by atoms with E-state index in [4.69, 9.17) is 0 Å². The van der Waals surface area contributed by atoms with Gasteiger partial charge in [0.2, 0.25) is 0 Å². The average Bonchev–Trinajstić information content (AvgIpc) is 3.23. The summed E-state index contributed by atoms with van der Waals surface area (Å²) in [7, 11) is 0. The van der Waals surface area contributed by atoms with Gasteiger partial charge in [-0.1, -0.05) is 42.1 Å². The number of carbonyl (C=O) groups is 1. The molecular weight excluding hydrogens is 308 g/mol. The van der Waals surface area contributed by atoms with Crippen LogP contribution in [0.5, 0.6) is 0 Å². The molecular formula is C17H18N4OS. The Morgan fingerprint density at radius 2 is 2.00 bits per heavy atom. The van der Waals surface area contributed by atoms with E-state index in [1.54, 1.807) is 12.3 Å². The van der Waals surface area contributed by atoms with Gasteiger partial charge in [0.05, 0.1) is 11.4 Å². The lowest BCUT2D eigenvalue weighted by Crippen LogP contribution is -2.07. The van der Waals surface area contributed by atoms with Crippen molar-refractivity contribution in [1.29, 1.82) is 0 Å². The fourth-order valence-corrected chi connectivity index (χ4v) is 3.27. The monoisotopic (exact) mass is 326 g/mol. The van der Waals surface area contributed by atoms with Gasteiger partial charge in [0.25, 0.3) is 0 Å². The van der Waals surface area contributed by atoms with Gasteiger partial charge in [0.15, 0.2) is 10.9 Å². The molecule has 3 rings (SSSR count). The van der Waals surface area contributed by atoms with Gasteiger partial charge in [-0.3, -0.25) is 4.79 Å². The van der Waals surface area contributed by atoms with E-state index in [1.165, 1.54) is 17.3 Å². The third-order valence-electron chi connectivity index (χ3n) is 3.55. The molecule has 0 aliphatic heterocycles. The molecule has 0 spiro atoms. The molecule has 0 bridgehead atoms. The maximum atomic E-state index is 12.1. The number of carbonyl (C=O) groups excluding carboxylic acids is 1. The molecule has 0 radical (unpaired) electrons. The number of thioether (sulfide) groups is 1. The highest BCUT2D eigenvalue weighted by atomic mass is 32.2. The van der Waals surface area contributed by atoms with Crippen molar-refractivity contribution in [1.82, 2.24) is 19.7 Å². The second kappa shape index (κ2) is 7.28. The van der Waals surface area contributed by atoms with Crippen LogP contribution in [0.3, 0.4) is 0 Å². The molecule has 1 N–H and O–H groups in total. The maximum Gasteiger partial charge on any atom is 0.191 e. The second-order valence-electron chi connectivity index (χ2n) is 5.10. The minimum Gasteiger partial charge on any atom is -0.359 e. The zero-order chi connectivity index (χ0) is 16.1. The van der Waals surface area contributed by atoms with Crippen molar-refractivity contribution in [2.24, 2.45) is 0 Å². The summed E-state index contributed by atoms with van der Waals surface area (Å²) in [6.07, 6.45) is 2.50. The molecule has 23 heavy (non-hydrogen) atoms. The van der Waals surface area contributed by atoms with E-state index in [9.17, 15) is 4.79 Å². The summed E-state index contributed by atoms with van der Waals surface area (Å²) in [5, 5.41) is 9.34. The lowest BCUT2D eigenvalue weighted by Gasteiger charge is -2.07. The largest absolute Gasteiger partial charge is 0.359 e. The number of benzene rings is 1. The first-order valence-electron chi connectivity index (χ1n) is 7.53. The molecule has 6 heteroatoms. The predicted molar refractivity (Wildman–Crippen MR) is 90.8 cm³/mol. The van der Waals surface area contributed by atoms with E-state index >= 15 is 0 Å². The van der Waals surface area contributed by atoms with Crippen molar-refractivity contribution in [2.45, 2.75) is 25.0 Å². The molecule has 2 heterocycles. The number of Topliss-reactive ketones (excluding diaryl/α,β-unsaturated/α-hetero) is 1. The Morgan fingerprint density at radius 3 is 2.70 bits per heavy atom. The molecule has 0 aliphatic carbocycles. The quantitative estimate of drug-likeness (QED) is 0.535. The summed E-state index contributed by atoms with van der Waals surface area (Å²) in [5.74, 6) is 1.34. The van der Waals surface area contributed by atoms with Crippen molar-refractivity contribution in [3.05, 3.63) is 65.7 Å². The summed E-state index contributed by atoms with van der Waals surface area (Å²) in [6.45, 7) is 2.85. The molecule has 0 atom stereocenters. The average molecular weight is 326 g/mol. The minimum absolute atomic E-state index is 0.0651.